The van der Waals surface area contributed by atoms with Crippen molar-refractivity contribution in [1.29, 1.82) is 0 Å². The number of anilines is 2. The number of rotatable bonds is 25. The lowest BCUT2D eigenvalue weighted by Crippen LogP contribution is -2.59. The highest BCUT2D eigenvalue weighted by Gasteiger charge is 2.33. The molecule has 0 heterocycles. The van der Waals surface area contributed by atoms with Gasteiger partial charge in [0.25, 0.3) is 10.1 Å². The van der Waals surface area contributed by atoms with Crippen molar-refractivity contribution in [2.24, 2.45) is 39.1 Å². The van der Waals surface area contributed by atoms with Gasteiger partial charge in [0.2, 0.25) is 41.4 Å². The lowest BCUT2D eigenvalue weighted by Gasteiger charge is -2.27. The van der Waals surface area contributed by atoms with Gasteiger partial charge in [-0.3, -0.25) is 42.9 Å². The summed E-state index contributed by atoms with van der Waals surface area (Å²) in [7, 11) is -1.15. The molecular weight excluding hydrogens is 917 g/mol. The third-order valence-electron chi connectivity index (χ3n) is 10.4. The number of carbonyl (C=O) groups is 8. The predicted molar refractivity (Wildman–Crippen MR) is 255 cm³/mol. The number of amides is 7. The average Bonchev–Trinajstić information content (AvgIpc) is 3.28. The van der Waals surface area contributed by atoms with Crippen LogP contribution < -0.4 is 54.4 Å². The number of ketones is 1. The summed E-state index contributed by atoms with van der Waals surface area (Å²) in [6.07, 6.45) is -1.85. The van der Waals surface area contributed by atoms with Crippen LogP contribution in [0.15, 0.2) is 94.0 Å². The molecule has 0 aliphatic carbocycles. The lowest BCUT2D eigenvalue weighted by molar-refractivity contribution is -0.135. The third-order valence-corrected chi connectivity index (χ3v) is 11.3. The summed E-state index contributed by atoms with van der Waals surface area (Å²) in [6.45, 7) is 3.00. The molecule has 0 aliphatic heterocycles. The number of nitrogens with two attached hydrogens (primary N) is 4. The van der Waals surface area contributed by atoms with E-state index >= 15 is 0 Å². The molecule has 0 radical (unpaired) electrons. The van der Waals surface area contributed by atoms with Gasteiger partial charge in [0.1, 0.15) is 23.0 Å². The van der Waals surface area contributed by atoms with E-state index in [0.29, 0.717) is 22.4 Å². The summed E-state index contributed by atoms with van der Waals surface area (Å²) >= 11 is 0. The Hall–Kier alpha value is -7.83. The van der Waals surface area contributed by atoms with Crippen LogP contribution in [0.25, 0.3) is 10.8 Å². The Kier molecular flexibility index (Phi) is 18.9. The van der Waals surface area contributed by atoms with Gasteiger partial charge >= 0.3 is 0 Å². The van der Waals surface area contributed by atoms with Gasteiger partial charge in [0.05, 0.1) is 30.3 Å². The van der Waals surface area contributed by atoms with Crippen molar-refractivity contribution < 1.29 is 51.3 Å². The van der Waals surface area contributed by atoms with Crippen LogP contribution in [0.1, 0.15) is 55.5 Å². The van der Waals surface area contributed by atoms with Crippen LogP contribution in [0, 0.1) is 5.92 Å². The van der Waals surface area contributed by atoms with E-state index in [9.17, 15) is 51.3 Å². The molecule has 0 aromatic heterocycles. The molecule has 0 aliphatic rings. The molecular formula is C45H56N12O11S. The smallest absolute Gasteiger partial charge is 0.295 e. The van der Waals surface area contributed by atoms with Crippen molar-refractivity contribution in [2.45, 2.75) is 68.6 Å². The molecule has 4 aromatic rings. The maximum absolute atomic E-state index is 13.7. The van der Waals surface area contributed by atoms with E-state index < -0.39 is 105 Å². The molecule has 4 rings (SSSR count). The van der Waals surface area contributed by atoms with Crippen LogP contribution in [0.3, 0.4) is 0 Å². The number of carbonyl (C=O) groups excluding carboxylic acids is 8. The monoisotopic (exact) mass is 972 g/mol. The minimum Gasteiger partial charge on any atom is -0.383 e. The number of hydrogen-bond acceptors (Lipinski definition) is 15. The van der Waals surface area contributed by atoms with Crippen molar-refractivity contribution >= 4 is 90.8 Å². The molecule has 14 N–H and O–H groups in total. The first-order valence-electron chi connectivity index (χ1n) is 21.4. The number of nitrogens with zero attached hydrogens (tertiary/aromatic N) is 3. The zero-order valence-electron chi connectivity index (χ0n) is 38.2. The SMILES string of the molecule is CC(C)[C@H](NC(=O)[C@H](CCC(N)=O)NC(=O)[C@@H](N)CC(N)=O)C(=O)N[C@@H](CC(N)=O)C(=O)NCCNc1cccc2c(S(=O)(=O)O)c(C(=O)c3ccc(N=Nc4ccc(N(C)C)cc4)cc3)ccc12. The number of primary amides is 3. The zero-order valence-corrected chi connectivity index (χ0v) is 39.0. The van der Waals surface area contributed by atoms with E-state index in [0.717, 1.165) is 5.69 Å². The van der Waals surface area contributed by atoms with Crippen LogP contribution in [-0.2, 0) is 43.7 Å². The first-order valence-corrected chi connectivity index (χ1v) is 22.8. The second kappa shape index (κ2) is 24.3. The van der Waals surface area contributed by atoms with Crippen LogP contribution in [0.4, 0.5) is 22.7 Å². The Bertz CT molecular complexity index is 2710. The Morgan fingerprint density at radius 2 is 1.26 bits per heavy atom. The average molecular weight is 973 g/mol. The maximum atomic E-state index is 13.7. The largest absolute Gasteiger partial charge is 0.383 e. The summed E-state index contributed by atoms with van der Waals surface area (Å²) in [5, 5.41) is 21.6. The molecule has 69 heavy (non-hydrogen) atoms. The Morgan fingerprint density at radius 3 is 1.81 bits per heavy atom. The van der Waals surface area contributed by atoms with Crippen molar-refractivity contribution in [3.05, 3.63) is 90.0 Å². The van der Waals surface area contributed by atoms with Gasteiger partial charge < -0.3 is 54.4 Å². The number of nitrogens with one attached hydrogen (secondary N) is 5. The van der Waals surface area contributed by atoms with Gasteiger partial charge in [-0.1, -0.05) is 32.0 Å². The molecule has 0 bridgehead atoms. The fourth-order valence-electron chi connectivity index (χ4n) is 6.82. The van der Waals surface area contributed by atoms with Crippen molar-refractivity contribution in [2.75, 3.05) is 37.4 Å². The zero-order chi connectivity index (χ0) is 51.2. The van der Waals surface area contributed by atoms with Crippen LogP contribution in [0.5, 0.6) is 0 Å². The van der Waals surface area contributed by atoms with Gasteiger partial charge in [0, 0.05) is 66.9 Å². The molecule has 0 unspecified atom stereocenters. The number of benzene rings is 4. The van der Waals surface area contributed by atoms with Gasteiger partial charge in [-0.25, -0.2) is 0 Å². The Morgan fingerprint density at radius 1 is 0.667 bits per heavy atom. The van der Waals surface area contributed by atoms with E-state index in [4.69, 9.17) is 22.9 Å². The molecule has 4 aromatic carbocycles. The third kappa shape index (κ3) is 15.6. The number of fused-ring (bicyclic) bond motifs is 1. The van der Waals surface area contributed by atoms with Crippen molar-refractivity contribution in [1.82, 2.24) is 21.3 Å². The summed E-state index contributed by atoms with van der Waals surface area (Å²) in [4.78, 5) is 103. The summed E-state index contributed by atoms with van der Waals surface area (Å²) in [5.74, 6) is -7.58. The van der Waals surface area contributed by atoms with E-state index in [1.165, 1.54) is 36.4 Å². The van der Waals surface area contributed by atoms with Crippen LogP contribution in [0.2, 0.25) is 0 Å². The lowest BCUT2D eigenvalue weighted by atomic mass is 9.98. The molecule has 368 valence electrons. The fourth-order valence-corrected chi connectivity index (χ4v) is 7.71. The van der Waals surface area contributed by atoms with E-state index in [1.807, 2.05) is 31.1 Å². The Balaban J connectivity index is 1.44. The second-order valence-corrected chi connectivity index (χ2v) is 17.7. The van der Waals surface area contributed by atoms with Crippen molar-refractivity contribution in [3.8, 4) is 0 Å². The number of hydrogen-bond donors (Lipinski definition) is 10. The molecule has 0 spiro atoms. The van der Waals surface area contributed by atoms with Crippen LogP contribution >= 0.6 is 0 Å². The molecule has 24 heteroatoms. The Labute approximate surface area is 397 Å². The summed E-state index contributed by atoms with van der Waals surface area (Å²) in [6, 6.07) is 14.9. The molecule has 7 amide bonds. The maximum Gasteiger partial charge on any atom is 0.295 e. The molecule has 23 nitrogen and oxygen atoms in total. The summed E-state index contributed by atoms with van der Waals surface area (Å²) in [5.41, 5.74) is 23.6. The first-order chi connectivity index (χ1) is 32.5. The minimum atomic E-state index is -4.98. The van der Waals surface area contributed by atoms with E-state index in [-0.39, 0.29) is 42.4 Å². The standard InChI is InChI=1S/C45H56N12O11S/c1-24(2)39(54-44(64)34(18-19-36(47)58)52-42(62)32(46)22-37(48)59)45(65)53-35(23-38(49)60)43(63)51-21-20-50-33-7-5-6-30-29(33)16-17-31(41(30)69(66,67)68)40(61)25-8-10-26(11-9-25)55-56-27-12-14-28(15-13-27)57(3)4/h5-17,24,32,34-35,39,50H,18-23,46H2,1-4H3,(H2,47,58)(H2,48,59)(H2,49,60)(H,51,63)(H,52,62)(H,53,65)(H,54,64)(H,66,67,68)/t32-,34-,35-,39-/m0/s1. The first kappa shape index (κ1) is 53.8. The van der Waals surface area contributed by atoms with Crippen molar-refractivity contribution in [3.63, 3.8) is 0 Å². The van der Waals surface area contributed by atoms with E-state index in [2.05, 4.69) is 36.8 Å². The fraction of sp³-hybridized carbons (Fsp3) is 0.333. The predicted octanol–water partition coefficient (Wildman–Crippen LogP) is 0.781. The molecule has 0 saturated carbocycles. The van der Waals surface area contributed by atoms with Gasteiger partial charge in [-0.2, -0.15) is 18.6 Å². The second-order valence-electron chi connectivity index (χ2n) is 16.3. The van der Waals surface area contributed by atoms with Gasteiger partial charge in [0.15, 0.2) is 5.78 Å². The highest BCUT2D eigenvalue weighted by atomic mass is 32.2. The normalized spacial score (nSPS) is 13.1. The molecule has 0 fully saturated rings. The quantitative estimate of drug-likeness (QED) is 0.0190. The highest BCUT2D eigenvalue weighted by Crippen LogP contribution is 2.33. The highest BCUT2D eigenvalue weighted by molar-refractivity contribution is 7.86. The van der Waals surface area contributed by atoms with E-state index in [1.54, 1.807) is 44.2 Å². The number of azo groups is 1. The summed E-state index contributed by atoms with van der Waals surface area (Å²) < 4.78 is 36.2. The minimum absolute atomic E-state index is 0.00124. The topological polar surface area (TPSA) is 383 Å². The van der Waals surface area contributed by atoms with Crippen LogP contribution in [-0.4, -0.2) is 111 Å². The van der Waals surface area contributed by atoms with Gasteiger partial charge in [-0.05, 0) is 73.0 Å². The molecule has 0 saturated heterocycles. The van der Waals surface area contributed by atoms with Gasteiger partial charge in [-0.15, -0.1) is 0 Å². The molecule has 4 atom stereocenters.